The lowest BCUT2D eigenvalue weighted by atomic mass is 9.72. The van der Waals surface area contributed by atoms with Crippen LogP contribution in [0.3, 0.4) is 0 Å². The Balaban J connectivity index is 2.09. The fraction of sp³-hybridized carbons (Fsp3) is 0.923. The van der Waals surface area contributed by atoms with Crippen molar-refractivity contribution in [2.45, 2.75) is 64.0 Å². The first-order valence-electron chi connectivity index (χ1n) is 6.60. The van der Waals surface area contributed by atoms with Gasteiger partial charge in [0, 0.05) is 12.6 Å². The van der Waals surface area contributed by atoms with E-state index in [1.54, 1.807) is 0 Å². The minimum absolute atomic E-state index is 0.467. The van der Waals surface area contributed by atoms with Crippen LogP contribution in [-0.4, -0.2) is 34.1 Å². The second kappa shape index (κ2) is 4.36. The third-order valence-electron chi connectivity index (χ3n) is 4.78. The molecule has 1 atom stereocenters. The van der Waals surface area contributed by atoms with E-state index in [4.69, 9.17) is 0 Å². The summed E-state index contributed by atoms with van der Waals surface area (Å²) in [6, 6.07) is 0.467. The van der Waals surface area contributed by atoms with Gasteiger partial charge in [-0.1, -0.05) is 13.3 Å². The van der Waals surface area contributed by atoms with Gasteiger partial charge >= 0.3 is 5.97 Å². The third kappa shape index (κ3) is 1.75. The zero-order valence-corrected chi connectivity index (χ0v) is 10.4. The van der Waals surface area contributed by atoms with E-state index in [-0.39, 0.29) is 0 Å². The zero-order chi connectivity index (χ0) is 11.8. The van der Waals surface area contributed by atoms with Gasteiger partial charge in [0.15, 0.2) is 0 Å². The summed E-state index contributed by atoms with van der Waals surface area (Å²) in [4.78, 5) is 13.8. The summed E-state index contributed by atoms with van der Waals surface area (Å²) in [6.45, 7) is 5.34. The molecule has 92 valence electrons. The average molecular weight is 225 g/mol. The van der Waals surface area contributed by atoms with Crippen LogP contribution < -0.4 is 0 Å². The highest BCUT2D eigenvalue weighted by Gasteiger charge is 2.50. The summed E-state index contributed by atoms with van der Waals surface area (Å²) in [5, 5.41) is 9.56. The van der Waals surface area contributed by atoms with Gasteiger partial charge in [0.1, 0.15) is 5.54 Å². The van der Waals surface area contributed by atoms with Crippen molar-refractivity contribution in [2.75, 3.05) is 6.54 Å². The van der Waals surface area contributed by atoms with Crippen LogP contribution in [0.4, 0.5) is 0 Å². The molecule has 0 aromatic carbocycles. The summed E-state index contributed by atoms with van der Waals surface area (Å²) in [6.07, 6.45) is 6.24. The predicted molar refractivity (Wildman–Crippen MR) is 63.4 cm³/mol. The van der Waals surface area contributed by atoms with Gasteiger partial charge in [-0.05, 0) is 44.9 Å². The summed E-state index contributed by atoms with van der Waals surface area (Å²) in [5.74, 6) is 0.165. The van der Waals surface area contributed by atoms with E-state index >= 15 is 0 Å². The molecule has 1 saturated heterocycles. The first kappa shape index (κ1) is 11.9. The highest BCUT2D eigenvalue weighted by atomic mass is 16.4. The van der Waals surface area contributed by atoms with Crippen LogP contribution in [0.25, 0.3) is 0 Å². The molecule has 2 aliphatic rings. The number of carboxylic acid groups (broad SMARTS) is 1. The Bertz CT molecular complexity index is 269. The molecular formula is C13H23NO2. The van der Waals surface area contributed by atoms with Crippen LogP contribution >= 0.6 is 0 Å². The first-order chi connectivity index (χ1) is 7.60. The van der Waals surface area contributed by atoms with E-state index in [9.17, 15) is 9.90 Å². The Morgan fingerprint density at radius 1 is 1.38 bits per heavy atom. The Kier molecular flexibility index (Phi) is 3.24. The molecule has 1 N–H and O–H groups in total. The van der Waals surface area contributed by atoms with E-state index in [1.807, 2.05) is 0 Å². The fourth-order valence-corrected chi connectivity index (χ4v) is 3.34. The van der Waals surface area contributed by atoms with Gasteiger partial charge in [0.2, 0.25) is 0 Å². The molecular weight excluding hydrogens is 202 g/mol. The van der Waals surface area contributed by atoms with Crippen LogP contribution in [0.15, 0.2) is 0 Å². The summed E-state index contributed by atoms with van der Waals surface area (Å²) >= 11 is 0. The van der Waals surface area contributed by atoms with Gasteiger partial charge in [-0.2, -0.15) is 0 Å². The number of carboxylic acids is 1. The number of aliphatic carboxylic acids is 1. The van der Waals surface area contributed by atoms with Crippen LogP contribution in [0.2, 0.25) is 0 Å². The Morgan fingerprint density at radius 3 is 2.31 bits per heavy atom. The second-order valence-corrected chi connectivity index (χ2v) is 5.52. The number of carbonyl (C=O) groups is 1. The lowest BCUT2D eigenvalue weighted by molar-refractivity contribution is -0.163. The molecule has 0 bridgehead atoms. The van der Waals surface area contributed by atoms with Crippen LogP contribution in [0.1, 0.15) is 52.4 Å². The second-order valence-electron chi connectivity index (χ2n) is 5.52. The molecule has 0 aromatic heterocycles. The molecule has 0 spiro atoms. The molecule has 0 aromatic rings. The van der Waals surface area contributed by atoms with Gasteiger partial charge in [-0.3, -0.25) is 9.69 Å². The van der Waals surface area contributed by atoms with Crippen molar-refractivity contribution in [1.29, 1.82) is 0 Å². The Labute approximate surface area is 97.8 Å². The number of hydrogen-bond acceptors (Lipinski definition) is 2. The SMILES string of the molecule is CCC1CCC(C(=O)O)(N2CCC2C)CC1. The van der Waals surface area contributed by atoms with E-state index in [0.29, 0.717) is 6.04 Å². The molecule has 2 rings (SSSR count). The highest BCUT2D eigenvalue weighted by Crippen LogP contribution is 2.42. The van der Waals surface area contributed by atoms with E-state index in [1.165, 1.54) is 6.42 Å². The van der Waals surface area contributed by atoms with E-state index < -0.39 is 11.5 Å². The highest BCUT2D eigenvalue weighted by molar-refractivity contribution is 5.79. The zero-order valence-electron chi connectivity index (χ0n) is 10.4. The number of nitrogens with zero attached hydrogens (tertiary/aromatic N) is 1. The largest absolute Gasteiger partial charge is 0.480 e. The van der Waals surface area contributed by atoms with E-state index in [0.717, 1.165) is 44.6 Å². The molecule has 0 amide bonds. The first-order valence-corrected chi connectivity index (χ1v) is 6.60. The molecule has 1 saturated carbocycles. The maximum atomic E-state index is 11.6. The fourth-order valence-electron chi connectivity index (χ4n) is 3.34. The van der Waals surface area contributed by atoms with Gasteiger partial charge in [0.05, 0.1) is 0 Å². The topological polar surface area (TPSA) is 40.5 Å². The number of likely N-dealkylation sites (tertiary alicyclic amines) is 1. The van der Waals surface area contributed by atoms with Gasteiger partial charge in [-0.25, -0.2) is 0 Å². The molecule has 1 aliphatic carbocycles. The molecule has 1 aliphatic heterocycles. The van der Waals surface area contributed by atoms with Crippen molar-refractivity contribution < 1.29 is 9.90 Å². The predicted octanol–water partition coefficient (Wildman–Crippen LogP) is 2.50. The molecule has 3 heteroatoms. The van der Waals surface area contributed by atoms with Crippen molar-refractivity contribution in [3.63, 3.8) is 0 Å². The maximum absolute atomic E-state index is 11.6. The summed E-state index contributed by atoms with van der Waals surface area (Å²) in [5.41, 5.74) is -0.524. The standard InChI is InChI=1S/C13H23NO2/c1-3-11-4-7-13(8-5-11,12(15)16)14-9-6-10(14)2/h10-11H,3-9H2,1-2H3,(H,15,16). The molecule has 3 nitrogen and oxygen atoms in total. The Morgan fingerprint density at radius 2 is 2.00 bits per heavy atom. The van der Waals surface area contributed by atoms with Crippen LogP contribution in [-0.2, 0) is 4.79 Å². The van der Waals surface area contributed by atoms with Crippen LogP contribution in [0.5, 0.6) is 0 Å². The monoisotopic (exact) mass is 225 g/mol. The maximum Gasteiger partial charge on any atom is 0.324 e. The minimum Gasteiger partial charge on any atom is -0.480 e. The van der Waals surface area contributed by atoms with E-state index in [2.05, 4.69) is 18.7 Å². The van der Waals surface area contributed by atoms with Crippen molar-refractivity contribution in [3.8, 4) is 0 Å². The lowest BCUT2D eigenvalue weighted by Gasteiger charge is -2.53. The third-order valence-corrected chi connectivity index (χ3v) is 4.78. The molecule has 16 heavy (non-hydrogen) atoms. The molecule has 2 fully saturated rings. The van der Waals surface area contributed by atoms with Crippen molar-refractivity contribution >= 4 is 5.97 Å². The number of rotatable bonds is 3. The smallest absolute Gasteiger partial charge is 0.324 e. The molecule has 1 heterocycles. The Hall–Kier alpha value is -0.570. The summed E-state index contributed by atoms with van der Waals surface area (Å²) < 4.78 is 0. The van der Waals surface area contributed by atoms with Crippen molar-refractivity contribution in [3.05, 3.63) is 0 Å². The lowest BCUT2D eigenvalue weighted by Crippen LogP contribution is -2.64. The number of hydrogen-bond donors (Lipinski definition) is 1. The van der Waals surface area contributed by atoms with Crippen molar-refractivity contribution in [2.24, 2.45) is 5.92 Å². The molecule has 1 unspecified atom stereocenters. The van der Waals surface area contributed by atoms with Crippen molar-refractivity contribution in [1.82, 2.24) is 4.90 Å². The van der Waals surface area contributed by atoms with Crippen LogP contribution in [0, 0.1) is 5.92 Å². The normalized spacial score (nSPS) is 40.4. The minimum atomic E-state index is -0.589. The van der Waals surface area contributed by atoms with Gasteiger partial charge < -0.3 is 5.11 Å². The molecule has 0 radical (unpaired) electrons. The van der Waals surface area contributed by atoms with Gasteiger partial charge in [-0.15, -0.1) is 0 Å². The summed E-state index contributed by atoms with van der Waals surface area (Å²) in [7, 11) is 0. The average Bonchev–Trinajstić information content (AvgIpc) is 2.27. The quantitative estimate of drug-likeness (QED) is 0.802. The van der Waals surface area contributed by atoms with Gasteiger partial charge in [0.25, 0.3) is 0 Å².